The van der Waals surface area contributed by atoms with Gasteiger partial charge in [0.05, 0.1) is 49.8 Å². The highest BCUT2D eigenvalue weighted by molar-refractivity contribution is 7.07. The molecule has 4 aromatic rings. The maximum Gasteiger partial charge on any atom is 0.338 e. The summed E-state index contributed by atoms with van der Waals surface area (Å²) in [6, 6.07) is 15.0. The van der Waals surface area contributed by atoms with Crippen molar-refractivity contribution in [1.29, 1.82) is 0 Å². The molecule has 0 saturated carbocycles. The molecule has 0 spiro atoms. The number of esters is 1. The summed E-state index contributed by atoms with van der Waals surface area (Å²) < 4.78 is 29.8. The SMILES string of the molecule is CCOC(=O)C1=C(C)N=c2s/c(=C\c3ccc(OCc4ccc(Cl)cc4Cl)c(OC)c3)c(=O)n2C1c1ccc(OC)c(OC)c1. The van der Waals surface area contributed by atoms with Gasteiger partial charge in [0.1, 0.15) is 6.61 Å². The molecule has 12 heteroatoms. The molecule has 3 aromatic carbocycles. The van der Waals surface area contributed by atoms with Gasteiger partial charge in [-0.1, -0.05) is 52.7 Å². The van der Waals surface area contributed by atoms with Crippen molar-refractivity contribution in [3.05, 3.63) is 112 Å². The lowest BCUT2D eigenvalue weighted by molar-refractivity contribution is -0.139. The first kappa shape index (κ1) is 32.2. The molecule has 0 fully saturated rings. The zero-order chi connectivity index (χ0) is 32.2. The monoisotopic (exact) mass is 668 g/mol. The molecule has 0 aliphatic carbocycles. The van der Waals surface area contributed by atoms with Gasteiger partial charge in [0.2, 0.25) is 0 Å². The van der Waals surface area contributed by atoms with Crippen molar-refractivity contribution in [3.8, 4) is 23.0 Å². The van der Waals surface area contributed by atoms with Gasteiger partial charge in [-0.3, -0.25) is 9.36 Å². The van der Waals surface area contributed by atoms with Crippen LogP contribution in [-0.2, 0) is 16.1 Å². The van der Waals surface area contributed by atoms with Gasteiger partial charge in [0, 0.05) is 15.6 Å². The predicted molar refractivity (Wildman–Crippen MR) is 174 cm³/mol. The lowest BCUT2D eigenvalue weighted by atomic mass is 9.95. The van der Waals surface area contributed by atoms with Crippen LogP contribution in [0.2, 0.25) is 10.0 Å². The molecule has 0 amide bonds. The van der Waals surface area contributed by atoms with E-state index in [0.29, 0.717) is 59.2 Å². The van der Waals surface area contributed by atoms with Crippen LogP contribution < -0.4 is 33.8 Å². The van der Waals surface area contributed by atoms with Crippen molar-refractivity contribution in [3.63, 3.8) is 0 Å². The molecule has 45 heavy (non-hydrogen) atoms. The Balaban J connectivity index is 1.56. The number of nitrogens with zero attached hydrogens (tertiary/aromatic N) is 2. The second-order valence-electron chi connectivity index (χ2n) is 9.85. The van der Waals surface area contributed by atoms with Crippen LogP contribution in [0.5, 0.6) is 23.0 Å². The van der Waals surface area contributed by atoms with Crippen LogP contribution in [0.3, 0.4) is 0 Å². The average Bonchev–Trinajstić information content (AvgIpc) is 3.33. The zero-order valence-corrected chi connectivity index (χ0v) is 27.5. The van der Waals surface area contributed by atoms with E-state index in [0.717, 1.165) is 5.56 Å². The Kier molecular flexibility index (Phi) is 9.86. The van der Waals surface area contributed by atoms with E-state index in [2.05, 4.69) is 4.99 Å². The van der Waals surface area contributed by atoms with Crippen LogP contribution in [0.4, 0.5) is 0 Å². The number of carbonyl (C=O) groups is 1. The number of hydrogen-bond acceptors (Lipinski definition) is 9. The number of aromatic nitrogens is 1. The summed E-state index contributed by atoms with van der Waals surface area (Å²) in [4.78, 5) is 32.3. The van der Waals surface area contributed by atoms with E-state index in [-0.39, 0.29) is 24.3 Å². The second-order valence-corrected chi connectivity index (χ2v) is 11.7. The number of hydrogen-bond donors (Lipinski definition) is 0. The standard InChI is InChI=1S/C33H30Cl2N2O7S/c1-6-43-32(39)29-18(2)36-33-37(30(29)20-9-12-24(40-3)27(15-20)42-5)31(38)28(45-33)14-19-7-11-25(26(13-19)41-4)44-17-21-8-10-22(34)16-23(21)35/h7-16,30H,6,17H2,1-5H3/b28-14-. The highest BCUT2D eigenvalue weighted by Gasteiger charge is 2.34. The number of rotatable bonds is 10. The molecule has 0 radical (unpaired) electrons. The van der Waals surface area contributed by atoms with E-state index in [1.54, 1.807) is 68.5 Å². The molecule has 9 nitrogen and oxygen atoms in total. The third-order valence-electron chi connectivity index (χ3n) is 7.12. The number of halogens is 2. The molecular weight excluding hydrogens is 639 g/mol. The molecule has 1 atom stereocenters. The van der Waals surface area contributed by atoms with E-state index in [9.17, 15) is 9.59 Å². The van der Waals surface area contributed by atoms with E-state index in [4.69, 9.17) is 46.9 Å². The van der Waals surface area contributed by atoms with Crippen molar-refractivity contribution in [2.24, 2.45) is 4.99 Å². The van der Waals surface area contributed by atoms with Crippen molar-refractivity contribution in [2.75, 3.05) is 27.9 Å². The number of carbonyl (C=O) groups excluding carboxylic acids is 1. The number of benzene rings is 3. The highest BCUT2D eigenvalue weighted by Crippen LogP contribution is 2.36. The van der Waals surface area contributed by atoms with E-state index in [1.807, 2.05) is 6.07 Å². The van der Waals surface area contributed by atoms with Crippen LogP contribution in [0.1, 0.15) is 36.6 Å². The first-order chi connectivity index (χ1) is 21.7. The van der Waals surface area contributed by atoms with Gasteiger partial charge >= 0.3 is 5.97 Å². The molecule has 0 N–H and O–H groups in total. The van der Waals surface area contributed by atoms with Crippen molar-refractivity contribution in [2.45, 2.75) is 26.5 Å². The summed E-state index contributed by atoms with van der Waals surface area (Å²) in [5.41, 5.74) is 2.54. The lowest BCUT2D eigenvalue weighted by Crippen LogP contribution is -2.39. The third kappa shape index (κ3) is 6.58. The summed E-state index contributed by atoms with van der Waals surface area (Å²) in [7, 11) is 4.60. The fourth-order valence-electron chi connectivity index (χ4n) is 4.97. The Morgan fingerprint density at radius 2 is 1.67 bits per heavy atom. The normalized spacial score (nSPS) is 14.5. The highest BCUT2D eigenvalue weighted by atomic mass is 35.5. The van der Waals surface area contributed by atoms with Crippen LogP contribution >= 0.6 is 34.5 Å². The Bertz CT molecular complexity index is 1980. The van der Waals surface area contributed by atoms with Gasteiger partial charge in [-0.15, -0.1) is 0 Å². The largest absolute Gasteiger partial charge is 0.493 e. The first-order valence-corrected chi connectivity index (χ1v) is 15.4. The first-order valence-electron chi connectivity index (χ1n) is 13.8. The van der Waals surface area contributed by atoms with Crippen molar-refractivity contribution in [1.82, 2.24) is 4.57 Å². The minimum atomic E-state index is -0.799. The van der Waals surface area contributed by atoms with E-state index in [1.165, 1.54) is 37.2 Å². The van der Waals surface area contributed by atoms with Crippen LogP contribution in [0.25, 0.3) is 6.08 Å². The number of fused-ring (bicyclic) bond motifs is 1. The minimum Gasteiger partial charge on any atom is -0.493 e. The molecule has 234 valence electrons. The van der Waals surface area contributed by atoms with Gasteiger partial charge in [-0.2, -0.15) is 0 Å². The topological polar surface area (TPSA) is 97.6 Å². The van der Waals surface area contributed by atoms with E-state index < -0.39 is 12.0 Å². The number of thiazole rings is 1. The summed E-state index contributed by atoms with van der Waals surface area (Å²) in [5, 5.41) is 1.04. The molecule has 1 unspecified atom stereocenters. The van der Waals surface area contributed by atoms with E-state index >= 15 is 0 Å². The molecule has 1 aliphatic heterocycles. The fraction of sp³-hybridized carbons (Fsp3) is 0.242. The molecule has 0 bridgehead atoms. The Morgan fingerprint density at radius 3 is 2.36 bits per heavy atom. The van der Waals surface area contributed by atoms with Gasteiger partial charge < -0.3 is 23.7 Å². The lowest BCUT2D eigenvalue weighted by Gasteiger charge is -2.25. The molecule has 2 heterocycles. The quantitative estimate of drug-likeness (QED) is 0.200. The minimum absolute atomic E-state index is 0.174. The molecule has 0 saturated heterocycles. The molecule has 1 aliphatic rings. The summed E-state index contributed by atoms with van der Waals surface area (Å²) in [6.07, 6.45) is 1.75. The molecule has 1 aromatic heterocycles. The smallest absolute Gasteiger partial charge is 0.338 e. The number of allylic oxidation sites excluding steroid dienone is 1. The van der Waals surface area contributed by atoms with Gasteiger partial charge in [0.15, 0.2) is 27.8 Å². The van der Waals surface area contributed by atoms with Gasteiger partial charge in [-0.25, -0.2) is 9.79 Å². The van der Waals surface area contributed by atoms with Crippen molar-refractivity contribution >= 4 is 46.6 Å². The zero-order valence-electron chi connectivity index (χ0n) is 25.2. The molecular formula is C33H30Cl2N2O7S. The Labute approximate surface area is 273 Å². The maximum absolute atomic E-state index is 14.0. The summed E-state index contributed by atoms with van der Waals surface area (Å²) >= 11 is 13.5. The van der Waals surface area contributed by atoms with Crippen LogP contribution in [0, 0.1) is 0 Å². The Morgan fingerprint density at radius 1 is 0.956 bits per heavy atom. The summed E-state index contributed by atoms with van der Waals surface area (Å²) in [6.45, 7) is 3.85. The van der Waals surface area contributed by atoms with Gasteiger partial charge in [-0.05, 0) is 67.4 Å². The van der Waals surface area contributed by atoms with Crippen LogP contribution in [-0.4, -0.2) is 38.5 Å². The van der Waals surface area contributed by atoms with Crippen LogP contribution in [0.15, 0.2) is 75.7 Å². The van der Waals surface area contributed by atoms with Crippen molar-refractivity contribution < 1.29 is 28.5 Å². The fourth-order valence-corrected chi connectivity index (χ4v) is 6.48. The second kappa shape index (κ2) is 13.8. The maximum atomic E-state index is 14.0. The van der Waals surface area contributed by atoms with Gasteiger partial charge in [0.25, 0.3) is 5.56 Å². The molecule has 5 rings (SSSR count). The Hall–Kier alpha value is -4.25. The average molecular weight is 670 g/mol. The third-order valence-corrected chi connectivity index (χ3v) is 8.69. The summed E-state index contributed by atoms with van der Waals surface area (Å²) in [5.74, 6) is 1.41. The number of ether oxygens (including phenoxy) is 5. The predicted octanol–water partition coefficient (Wildman–Crippen LogP) is 5.71. The number of methoxy groups -OCH3 is 3.